The zero-order valence-electron chi connectivity index (χ0n) is 14.8. The molecule has 25 heavy (non-hydrogen) atoms. The van der Waals surface area contributed by atoms with Crippen molar-refractivity contribution in [2.75, 3.05) is 16.0 Å². The van der Waals surface area contributed by atoms with Gasteiger partial charge in [0, 0.05) is 6.04 Å². The highest BCUT2D eigenvalue weighted by Crippen LogP contribution is 2.36. The predicted octanol–water partition coefficient (Wildman–Crippen LogP) is 2.25. The largest absolute Gasteiger partial charge is 0.474 e. The normalized spacial score (nSPS) is 15.2. The molecule has 1 aliphatic heterocycles. The summed E-state index contributed by atoms with van der Waals surface area (Å²) in [4.78, 5) is 28.9. The summed E-state index contributed by atoms with van der Waals surface area (Å²) in [6.07, 6.45) is 1.42. The van der Waals surface area contributed by atoms with Gasteiger partial charge in [-0.05, 0) is 46.2 Å². The van der Waals surface area contributed by atoms with E-state index < -0.39 is 5.60 Å². The summed E-state index contributed by atoms with van der Waals surface area (Å²) in [6.45, 7) is 9.30. The zero-order chi connectivity index (χ0) is 18.2. The standard InChI is InChI=1S/C16H21N7O2/c1-8(2)19-14-17-7-18-15(23-14)21-10-6-9(3)11-12(20-10)22-13(24)16(4,5)25-11/h6-8H,1-5H3,(H3,17,18,19,20,21,22,23,24). The van der Waals surface area contributed by atoms with Crippen LogP contribution in [0.15, 0.2) is 12.4 Å². The maximum Gasteiger partial charge on any atom is 0.269 e. The first-order valence-electron chi connectivity index (χ1n) is 7.99. The van der Waals surface area contributed by atoms with Crippen molar-refractivity contribution in [3.8, 4) is 5.75 Å². The number of aromatic nitrogens is 4. The summed E-state index contributed by atoms with van der Waals surface area (Å²) >= 11 is 0. The SMILES string of the molecule is Cc1cc(Nc2ncnc(NC(C)C)n2)nc2c1OC(C)(C)C(=O)N2. The molecule has 0 saturated heterocycles. The maximum absolute atomic E-state index is 12.1. The van der Waals surface area contributed by atoms with Crippen molar-refractivity contribution in [1.82, 2.24) is 19.9 Å². The molecule has 0 fully saturated rings. The molecule has 9 nitrogen and oxygen atoms in total. The average molecular weight is 343 g/mol. The Balaban J connectivity index is 1.87. The van der Waals surface area contributed by atoms with Gasteiger partial charge in [-0.15, -0.1) is 0 Å². The lowest BCUT2D eigenvalue weighted by molar-refractivity contribution is -0.129. The van der Waals surface area contributed by atoms with Gasteiger partial charge in [0.2, 0.25) is 11.9 Å². The maximum atomic E-state index is 12.1. The van der Waals surface area contributed by atoms with Crippen molar-refractivity contribution < 1.29 is 9.53 Å². The van der Waals surface area contributed by atoms with E-state index in [9.17, 15) is 4.79 Å². The van der Waals surface area contributed by atoms with E-state index in [0.717, 1.165) is 5.56 Å². The molecule has 3 rings (SSSR count). The second-order valence-corrected chi connectivity index (χ2v) is 6.63. The first-order chi connectivity index (χ1) is 11.7. The lowest BCUT2D eigenvalue weighted by Gasteiger charge is -2.32. The molecule has 0 saturated carbocycles. The molecule has 0 aliphatic carbocycles. The quantitative estimate of drug-likeness (QED) is 0.774. The van der Waals surface area contributed by atoms with Crippen LogP contribution in [-0.4, -0.2) is 37.5 Å². The Morgan fingerprint density at radius 2 is 1.92 bits per heavy atom. The average Bonchev–Trinajstić information content (AvgIpc) is 2.49. The number of fused-ring (bicyclic) bond motifs is 1. The van der Waals surface area contributed by atoms with Crippen molar-refractivity contribution in [3.05, 3.63) is 18.0 Å². The van der Waals surface area contributed by atoms with Gasteiger partial charge < -0.3 is 20.7 Å². The minimum atomic E-state index is -0.931. The second kappa shape index (κ2) is 6.15. The van der Waals surface area contributed by atoms with Gasteiger partial charge in [0.1, 0.15) is 12.1 Å². The van der Waals surface area contributed by atoms with E-state index in [-0.39, 0.29) is 11.9 Å². The van der Waals surface area contributed by atoms with Crippen molar-refractivity contribution in [3.63, 3.8) is 0 Å². The number of nitrogens with zero attached hydrogens (tertiary/aromatic N) is 4. The topological polar surface area (TPSA) is 114 Å². The van der Waals surface area contributed by atoms with E-state index in [4.69, 9.17) is 4.74 Å². The Morgan fingerprint density at radius 1 is 1.20 bits per heavy atom. The number of anilines is 4. The number of carbonyl (C=O) groups excluding carboxylic acids is 1. The summed E-state index contributed by atoms with van der Waals surface area (Å²) in [7, 11) is 0. The van der Waals surface area contributed by atoms with Crippen molar-refractivity contribution in [2.45, 2.75) is 46.3 Å². The van der Waals surface area contributed by atoms with Gasteiger partial charge in [-0.1, -0.05) is 0 Å². The molecule has 0 spiro atoms. The van der Waals surface area contributed by atoms with Crippen LogP contribution in [0.3, 0.4) is 0 Å². The van der Waals surface area contributed by atoms with Gasteiger partial charge in [-0.3, -0.25) is 4.79 Å². The van der Waals surface area contributed by atoms with E-state index >= 15 is 0 Å². The summed E-state index contributed by atoms with van der Waals surface area (Å²) in [5, 5.41) is 8.91. The first kappa shape index (κ1) is 16.9. The fourth-order valence-electron chi connectivity index (χ4n) is 2.30. The number of aryl methyl sites for hydroxylation is 1. The lowest BCUT2D eigenvalue weighted by Crippen LogP contribution is -2.46. The van der Waals surface area contributed by atoms with Gasteiger partial charge in [-0.2, -0.15) is 4.98 Å². The van der Waals surface area contributed by atoms with Crippen LogP contribution < -0.4 is 20.7 Å². The Labute approximate surface area is 145 Å². The highest BCUT2D eigenvalue weighted by atomic mass is 16.5. The van der Waals surface area contributed by atoms with Gasteiger partial charge in [-0.25, -0.2) is 15.0 Å². The van der Waals surface area contributed by atoms with E-state index in [1.54, 1.807) is 13.8 Å². The molecule has 0 radical (unpaired) electrons. The van der Waals surface area contributed by atoms with Gasteiger partial charge in [0.15, 0.2) is 17.2 Å². The molecule has 132 valence electrons. The number of nitrogens with one attached hydrogen (secondary N) is 3. The molecular weight excluding hydrogens is 322 g/mol. The predicted molar refractivity (Wildman–Crippen MR) is 94.2 cm³/mol. The monoisotopic (exact) mass is 343 g/mol. The molecule has 2 aromatic rings. The number of pyridine rings is 1. The number of hydrogen-bond acceptors (Lipinski definition) is 8. The van der Waals surface area contributed by atoms with E-state index in [2.05, 4.69) is 35.9 Å². The third kappa shape index (κ3) is 3.59. The summed E-state index contributed by atoms with van der Waals surface area (Å²) in [5.74, 6) is 2.03. The smallest absolute Gasteiger partial charge is 0.269 e. The van der Waals surface area contributed by atoms with Gasteiger partial charge in [0.05, 0.1) is 0 Å². The molecular formula is C16H21N7O2. The van der Waals surface area contributed by atoms with Crippen molar-refractivity contribution in [1.29, 1.82) is 0 Å². The Morgan fingerprint density at radius 3 is 2.64 bits per heavy atom. The number of hydrogen-bond donors (Lipinski definition) is 3. The molecule has 2 aromatic heterocycles. The van der Waals surface area contributed by atoms with E-state index in [1.807, 2.05) is 26.8 Å². The molecule has 0 bridgehead atoms. The molecule has 3 heterocycles. The molecule has 1 aliphatic rings. The van der Waals surface area contributed by atoms with Crippen LogP contribution in [0, 0.1) is 6.92 Å². The van der Waals surface area contributed by atoms with Crippen LogP contribution in [0.5, 0.6) is 5.75 Å². The van der Waals surface area contributed by atoms with Crippen LogP contribution in [0.1, 0.15) is 33.3 Å². The minimum absolute atomic E-state index is 0.204. The van der Waals surface area contributed by atoms with Crippen LogP contribution in [0.25, 0.3) is 0 Å². The Kier molecular flexibility index (Phi) is 4.15. The third-order valence-corrected chi connectivity index (χ3v) is 3.52. The van der Waals surface area contributed by atoms with Crippen LogP contribution in [0.4, 0.5) is 23.5 Å². The molecule has 1 amide bonds. The van der Waals surface area contributed by atoms with Crippen LogP contribution in [0.2, 0.25) is 0 Å². The number of carbonyl (C=O) groups is 1. The molecule has 0 unspecified atom stereocenters. The molecule has 0 aromatic carbocycles. The van der Waals surface area contributed by atoms with Gasteiger partial charge >= 0.3 is 0 Å². The Hall–Kier alpha value is -2.97. The fraction of sp³-hybridized carbons (Fsp3) is 0.438. The van der Waals surface area contributed by atoms with E-state index in [1.165, 1.54) is 6.33 Å². The number of ether oxygens (including phenoxy) is 1. The van der Waals surface area contributed by atoms with E-state index in [0.29, 0.717) is 29.3 Å². The number of rotatable bonds is 4. The highest BCUT2D eigenvalue weighted by Gasteiger charge is 2.37. The zero-order valence-corrected chi connectivity index (χ0v) is 14.8. The number of amides is 1. The van der Waals surface area contributed by atoms with Gasteiger partial charge in [0.25, 0.3) is 5.91 Å². The van der Waals surface area contributed by atoms with Crippen molar-refractivity contribution >= 4 is 29.4 Å². The first-order valence-corrected chi connectivity index (χ1v) is 7.99. The lowest BCUT2D eigenvalue weighted by atomic mass is 10.1. The fourth-order valence-corrected chi connectivity index (χ4v) is 2.30. The Bertz CT molecular complexity index is 820. The summed E-state index contributed by atoms with van der Waals surface area (Å²) in [6, 6.07) is 2.02. The third-order valence-electron chi connectivity index (χ3n) is 3.52. The second-order valence-electron chi connectivity index (χ2n) is 6.63. The molecule has 0 atom stereocenters. The van der Waals surface area contributed by atoms with Crippen LogP contribution >= 0.6 is 0 Å². The van der Waals surface area contributed by atoms with Crippen LogP contribution in [-0.2, 0) is 4.79 Å². The van der Waals surface area contributed by atoms with Crippen molar-refractivity contribution in [2.24, 2.45) is 0 Å². The highest BCUT2D eigenvalue weighted by molar-refractivity contribution is 5.99. The summed E-state index contributed by atoms with van der Waals surface area (Å²) < 4.78 is 5.78. The minimum Gasteiger partial charge on any atom is -0.474 e. The molecule has 3 N–H and O–H groups in total. The summed E-state index contributed by atoms with van der Waals surface area (Å²) in [5.41, 5.74) is -0.0878. The molecule has 9 heteroatoms.